The van der Waals surface area contributed by atoms with E-state index in [-0.39, 0.29) is 0 Å². The SMILES string of the molecule is CN=C(NCc1ccon1)NCc1ccc(C)cc1OCCOC. The van der Waals surface area contributed by atoms with Crippen LogP contribution in [-0.2, 0) is 17.8 Å². The van der Waals surface area contributed by atoms with Crippen LogP contribution in [0.15, 0.2) is 40.0 Å². The molecular weight excluding hydrogens is 308 g/mol. The van der Waals surface area contributed by atoms with Crippen LogP contribution in [0.2, 0.25) is 0 Å². The van der Waals surface area contributed by atoms with Gasteiger partial charge in [0.2, 0.25) is 0 Å². The van der Waals surface area contributed by atoms with Crippen LogP contribution in [0.1, 0.15) is 16.8 Å². The van der Waals surface area contributed by atoms with Crippen molar-refractivity contribution in [2.45, 2.75) is 20.0 Å². The number of hydrogen-bond acceptors (Lipinski definition) is 5. The quantitative estimate of drug-likeness (QED) is 0.436. The molecule has 0 unspecified atom stereocenters. The average molecular weight is 332 g/mol. The minimum Gasteiger partial charge on any atom is -0.491 e. The number of nitrogens with zero attached hydrogens (tertiary/aromatic N) is 2. The fraction of sp³-hybridized carbons (Fsp3) is 0.412. The number of ether oxygens (including phenoxy) is 2. The second kappa shape index (κ2) is 9.57. The molecule has 0 saturated carbocycles. The summed E-state index contributed by atoms with van der Waals surface area (Å²) in [6.07, 6.45) is 1.54. The lowest BCUT2D eigenvalue weighted by atomic mass is 10.1. The Balaban J connectivity index is 1.91. The second-order valence-corrected chi connectivity index (χ2v) is 5.22. The highest BCUT2D eigenvalue weighted by Gasteiger charge is 2.06. The number of benzene rings is 1. The number of aryl methyl sites for hydroxylation is 1. The molecule has 0 aliphatic heterocycles. The lowest BCUT2D eigenvalue weighted by molar-refractivity contribution is 0.145. The van der Waals surface area contributed by atoms with Crippen molar-refractivity contribution in [1.29, 1.82) is 0 Å². The highest BCUT2D eigenvalue weighted by atomic mass is 16.5. The number of methoxy groups -OCH3 is 1. The van der Waals surface area contributed by atoms with Crippen molar-refractivity contribution in [2.24, 2.45) is 4.99 Å². The summed E-state index contributed by atoms with van der Waals surface area (Å²) in [6, 6.07) is 7.95. The molecule has 0 spiro atoms. The lowest BCUT2D eigenvalue weighted by Gasteiger charge is -2.15. The van der Waals surface area contributed by atoms with Crippen molar-refractivity contribution in [1.82, 2.24) is 15.8 Å². The molecule has 7 heteroatoms. The zero-order valence-corrected chi connectivity index (χ0v) is 14.3. The first-order chi connectivity index (χ1) is 11.7. The number of aromatic nitrogens is 1. The molecule has 0 aliphatic rings. The van der Waals surface area contributed by atoms with E-state index in [1.54, 1.807) is 20.4 Å². The van der Waals surface area contributed by atoms with Gasteiger partial charge in [0.05, 0.1) is 13.2 Å². The molecule has 24 heavy (non-hydrogen) atoms. The molecule has 0 saturated heterocycles. The van der Waals surface area contributed by atoms with Gasteiger partial charge in [0.15, 0.2) is 5.96 Å². The van der Waals surface area contributed by atoms with E-state index in [0.29, 0.717) is 32.3 Å². The van der Waals surface area contributed by atoms with E-state index in [2.05, 4.69) is 32.9 Å². The molecule has 0 atom stereocenters. The normalized spacial score (nSPS) is 11.4. The van der Waals surface area contributed by atoms with E-state index >= 15 is 0 Å². The summed E-state index contributed by atoms with van der Waals surface area (Å²) in [7, 11) is 3.38. The molecule has 2 rings (SSSR count). The Morgan fingerprint density at radius 1 is 1.21 bits per heavy atom. The monoisotopic (exact) mass is 332 g/mol. The minimum absolute atomic E-state index is 0.520. The highest BCUT2D eigenvalue weighted by molar-refractivity contribution is 5.79. The van der Waals surface area contributed by atoms with Crippen molar-refractivity contribution in [3.63, 3.8) is 0 Å². The summed E-state index contributed by atoms with van der Waals surface area (Å²) >= 11 is 0. The Morgan fingerprint density at radius 2 is 2.04 bits per heavy atom. The third-order valence-electron chi connectivity index (χ3n) is 3.37. The van der Waals surface area contributed by atoms with Crippen molar-refractivity contribution in [3.05, 3.63) is 47.3 Å². The van der Waals surface area contributed by atoms with Gasteiger partial charge in [-0.05, 0) is 18.6 Å². The second-order valence-electron chi connectivity index (χ2n) is 5.22. The molecule has 2 N–H and O–H groups in total. The molecule has 1 aromatic carbocycles. The maximum absolute atomic E-state index is 5.80. The lowest BCUT2D eigenvalue weighted by Crippen LogP contribution is -2.36. The van der Waals surface area contributed by atoms with E-state index in [1.165, 1.54) is 0 Å². The molecule has 0 bridgehead atoms. The smallest absolute Gasteiger partial charge is 0.191 e. The van der Waals surface area contributed by atoms with Crippen molar-refractivity contribution in [3.8, 4) is 5.75 Å². The van der Waals surface area contributed by atoms with Gasteiger partial charge in [-0.25, -0.2) is 0 Å². The summed E-state index contributed by atoms with van der Waals surface area (Å²) in [4.78, 5) is 4.20. The number of nitrogens with one attached hydrogen (secondary N) is 2. The molecule has 0 radical (unpaired) electrons. The van der Waals surface area contributed by atoms with Crippen LogP contribution in [0.5, 0.6) is 5.75 Å². The maximum Gasteiger partial charge on any atom is 0.191 e. The van der Waals surface area contributed by atoms with Gasteiger partial charge in [-0.1, -0.05) is 17.3 Å². The standard InChI is InChI=1S/C17H24N4O3/c1-13-4-5-14(16(10-13)23-9-8-22-3)11-19-17(18-2)20-12-15-6-7-24-21-15/h4-7,10H,8-9,11-12H2,1-3H3,(H2,18,19,20). The molecule has 0 fully saturated rings. The molecule has 2 aromatic rings. The molecule has 1 aromatic heterocycles. The Hall–Kier alpha value is -2.54. The van der Waals surface area contributed by atoms with E-state index in [9.17, 15) is 0 Å². The van der Waals surface area contributed by atoms with Gasteiger partial charge in [0.1, 0.15) is 24.3 Å². The van der Waals surface area contributed by atoms with E-state index < -0.39 is 0 Å². The predicted molar refractivity (Wildman–Crippen MR) is 92.1 cm³/mol. The fourth-order valence-corrected chi connectivity index (χ4v) is 2.08. The van der Waals surface area contributed by atoms with Crippen molar-refractivity contribution >= 4 is 5.96 Å². The van der Waals surface area contributed by atoms with E-state index in [1.807, 2.05) is 19.1 Å². The Morgan fingerprint density at radius 3 is 2.75 bits per heavy atom. The highest BCUT2D eigenvalue weighted by Crippen LogP contribution is 2.20. The first kappa shape index (κ1) is 17.8. The van der Waals surface area contributed by atoms with Crippen molar-refractivity contribution in [2.75, 3.05) is 27.4 Å². The van der Waals surface area contributed by atoms with Gasteiger partial charge in [-0.3, -0.25) is 4.99 Å². The summed E-state index contributed by atoms with van der Waals surface area (Å²) in [6.45, 7) is 4.26. The summed E-state index contributed by atoms with van der Waals surface area (Å²) in [5.41, 5.74) is 3.03. The molecule has 7 nitrogen and oxygen atoms in total. The molecule has 0 aliphatic carbocycles. The van der Waals surface area contributed by atoms with Gasteiger partial charge in [0, 0.05) is 32.3 Å². The van der Waals surface area contributed by atoms with Gasteiger partial charge < -0.3 is 24.6 Å². The topological polar surface area (TPSA) is 80.9 Å². The Kier molecular flexibility index (Phi) is 7.10. The molecular formula is C17H24N4O3. The predicted octanol–water partition coefficient (Wildman–Crippen LogP) is 1.87. The summed E-state index contributed by atoms with van der Waals surface area (Å²) < 4.78 is 15.6. The van der Waals surface area contributed by atoms with Crippen LogP contribution in [0, 0.1) is 6.92 Å². The zero-order valence-electron chi connectivity index (χ0n) is 14.3. The first-order valence-electron chi connectivity index (χ1n) is 7.78. The summed E-state index contributed by atoms with van der Waals surface area (Å²) in [5, 5.41) is 10.3. The number of guanidine groups is 1. The van der Waals surface area contributed by atoms with Crippen LogP contribution in [0.3, 0.4) is 0 Å². The zero-order chi connectivity index (χ0) is 17.2. The van der Waals surface area contributed by atoms with E-state index in [0.717, 1.165) is 22.6 Å². The largest absolute Gasteiger partial charge is 0.491 e. The van der Waals surface area contributed by atoms with Gasteiger partial charge in [-0.15, -0.1) is 0 Å². The number of rotatable bonds is 8. The first-order valence-corrected chi connectivity index (χ1v) is 7.78. The molecule has 130 valence electrons. The van der Waals surface area contributed by atoms with Gasteiger partial charge >= 0.3 is 0 Å². The third-order valence-corrected chi connectivity index (χ3v) is 3.37. The number of aliphatic imine (C=N–C) groups is 1. The van der Waals surface area contributed by atoms with Crippen LogP contribution < -0.4 is 15.4 Å². The van der Waals surface area contributed by atoms with Crippen LogP contribution >= 0.6 is 0 Å². The van der Waals surface area contributed by atoms with Gasteiger partial charge in [-0.2, -0.15) is 0 Å². The third kappa shape index (κ3) is 5.58. The van der Waals surface area contributed by atoms with Gasteiger partial charge in [0.25, 0.3) is 0 Å². The molecule has 0 amide bonds. The summed E-state index contributed by atoms with van der Waals surface area (Å²) in [5.74, 6) is 1.54. The average Bonchev–Trinajstić information content (AvgIpc) is 3.10. The number of hydrogen-bond donors (Lipinski definition) is 2. The van der Waals surface area contributed by atoms with Crippen LogP contribution in [0.4, 0.5) is 0 Å². The molecule has 1 heterocycles. The Bertz CT molecular complexity index is 641. The van der Waals surface area contributed by atoms with Crippen molar-refractivity contribution < 1.29 is 14.0 Å². The minimum atomic E-state index is 0.520. The maximum atomic E-state index is 5.80. The van der Waals surface area contributed by atoms with Crippen LogP contribution in [0.25, 0.3) is 0 Å². The van der Waals surface area contributed by atoms with E-state index in [4.69, 9.17) is 14.0 Å². The Labute approximate surface area is 142 Å². The fourth-order valence-electron chi connectivity index (χ4n) is 2.08. The van der Waals surface area contributed by atoms with Crippen LogP contribution in [-0.4, -0.2) is 38.5 Å².